The van der Waals surface area contributed by atoms with E-state index in [-0.39, 0.29) is 5.56 Å². The van der Waals surface area contributed by atoms with Crippen molar-refractivity contribution in [2.75, 3.05) is 12.8 Å². The minimum absolute atomic E-state index is 0.268. The van der Waals surface area contributed by atoms with E-state index in [1.807, 2.05) is 35.6 Å². The minimum Gasteiger partial charge on any atom is -0.497 e. The van der Waals surface area contributed by atoms with Crippen LogP contribution in [0.3, 0.4) is 0 Å². The summed E-state index contributed by atoms with van der Waals surface area (Å²) in [6.45, 7) is 4.09. The first-order chi connectivity index (χ1) is 13.0. The standard InChI is InChI=1S/C20H17N5OS/c1-11-4-5-12(2)17-16(11)25-18(22)15(10-21)19(24-20(25)27-17)23-13-6-8-14(26-3)9-7-13/h4-9H,22H2,1-3H3. The Bertz CT molecular complexity index is 1290. The molecule has 0 aliphatic carbocycles. The Morgan fingerprint density at radius 2 is 1.85 bits per heavy atom. The molecule has 7 heteroatoms. The van der Waals surface area contributed by atoms with E-state index >= 15 is 0 Å². The molecule has 0 fully saturated rings. The predicted molar refractivity (Wildman–Crippen MR) is 107 cm³/mol. The Balaban J connectivity index is 2.06. The Morgan fingerprint density at radius 3 is 2.52 bits per heavy atom. The highest BCUT2D eigenvalue weighted by atomic mass is 32.1. The SMILES string of the molecule is COc1ccc(N=c2nc3sc4c(C)ccc(C)c4n3c(N)c2C#N)cc1. The molecule has 2 N–H and O–H groups in total. The molecule has 0 atom stereocenters. The van der Waals surface area contributed by atoms with E-state index in [0.29, 0.717) is 22.0 Å². The van der Waals surface area contributed by atoms with Crippen molar-refractivity contribution < 1.29 is 4.74 Å². The molecule has 2 aromatic heterocycles. The lowest BCUT2D eigenvalue weighted by Crippen LogP contribution is -2.18. The van der Waals surface area contributed by atoms with Gasteiger partial charge in [0.1, 0.15) is 23.2 Å². The fourth-order valence-corrected chi connectivity index (χ4v) is 4.22. The van der Waals surface area contributed by atoms with Crippen LogP contribution in [0.2, 0.25) is 0 Å². The van der Waals surface area contributed by atoms with Gasteiger partial charge in [0.2, 0.25) is 0 Å². The molecule has 0 aliphatic rings. The molecular weight excluding hydrogens is 358 g/mol. The van der Waals surface area contributed by atoms with Crippen LogP contribution in [-0.2, 0) is 0 Å². The summed E-state index contributed by atoms with van der Waals surface area (Å²) in [5, 5.41) is 9.69. The molecule has 0 saturated carbocycles. The van der Waals surface area contributed by atoms with Crippen molar-refractivity contribution in [1.29, 1.82) is 5.26 Å². The fourth-order valence-electron chi connectivity index (χ4n) is 3.05. The Hall–Kier alpha value is -3.37. The second kappa shape index (κ2) is 6.41. The molecule has 0 amide bonds. The van der Waals surface area contributed by atoms with E-state index in [4.69, 9.17) is 10.5 Å². The fraction of sp³-hybridized carbons (Fsp3) is 0.150. The van der Waals surface area contributed by atoms with Gasteiger partial charge in [-0.3, -0.25) is 4.40 Å². The van der Waals surface area contributed by atoms with Crippen molar-refractivity contribution >= 4 is 38.0 Å². The molecule has 0 aliphatic heterocycles. The number of nitrogen functional groups attached to an aromatic ring is 1. The van der Waals surface area contributed by atoms with Gasteiger partial charge >= 0.3 is 0 Å². The second-order valence-electron chi connectivity index (χ2n) is 6.21. The van der Waals surface area contributed by atoms with Gasteiger partial charge < -0.3 is 10.5 Å². The number of aromatic nitrogens is 2. The number of anilines is 1. The number of aryl methyl sites for hydroxylation is 2. The van der Waals surface area contributed by atoms with Gasteiger partial charge in [-0.05, 0) is 49.2 Å². The number of benzene rings is 2. The average molecular weight is 375 g/mol. The van der Waals surface area contributed by atoms with Crippen LogP contribution in [0.25, 0.3) is 15.2 Å². The maximum atomic E-state index is 9.69. The quantitative estimate of drug-likeness (QED) is 0.576. The Labute approximate surface area is 159 Å². The molecule has 2 heterocycles. The third-order valence-corrected chi connectivity index (χ3v) is 5.66. The van der Waals surface area contributed by atoms with Gasteiger partial charge in [0.15, 0.2) is 10.4 Å². The maximum Gasteiger partial charge on any atom is 0.198 e. The lowest BCUT2D eigenvalue weighted by molar-refractivity contribution is 0.415. The zero-order valence-electron chi connectivity index (χ0n) is 15.1. The number of nitrogens with zero attached hydrogens (tertiary/aromatic N) is 4. The molecule has 4 aromatic rings. The summed E-state index contributed by atoms with van der Waals surface area (Å²) in [6, 6.07) is 13.6. The molecule has 0 saturated heterocycles. The summed E-state index contributed by atoms with van der Waals surface area (Å²) < 4.78 is 8.13. The van der Waals surface area contributed by atoms with Crippen molar-refractivity contribution in [1.82, 2.24) is 9.38 Å². The van der Waals surface area contributed by atoms with Crippen LogP contribution in [0.4, 0.5) is 11.5 Å². The van der Waals surface area contributed by atoms with Crippen molar-refractivity contribution in [2.45, 2.75) is 13.8 Å². The highest BCUT2D eigenvalue weighted by Gasteiger charge is 2.16. The van der Waals surface area contributed by atoms with E-state index in [0.717, 1.165) is 27.1 Å². The Kier molecular flexibility index (Phi) is 4.05. The van der Waals surface area contributed by atoms with Crippen molar-refractivity contribution in [3.05, 3.63) is 58.6 Å². The monoisotopic (exact) mass is 375 g/mol. The lowest BCUT2D eigenvalue weighted by Gasteiger charge is -2.06. The first-order valence-electron chi connectivity index (χ1n) is 8.33. The van der Waals surface area contributed by atoms with E-state index in [9.17, 15) is 5.26 Å². The van der Waals surface area contributed by atoms with E-state index in [1.54, 1.807) is 18.4 Å². The molecule has 27 heavy (non-hydrogen) atoms. The summed E-state index contributed by atoms with van der Waals surface area (Å²) in [7, 11) is 1.61. The number of fused-ring (bicyclic) bond motifs is 3. The highest BCUT2D eigenvalue weighted by Crippen LogP contribution is 2.32. The third kappa shape index (κ3) is 2.71. The number of hydrogen-bond donors (Lipinski definition) is 1. The smallest absolute Gasteiger partial charge is 0.198 e. The number of ether oxygens (including phenoxy) is 1. The maximum absolute atomic E-state index is 9.69. The Morgan fingerprint density at radius 1 is 1.15 bits per heavy atom. The normalized spacial score (nSPS) is 11.9. The van der Waals surface area contributed by atoms with Crippen molar-refractivity contribution in [2.24, 2.45) is 4.99 Å². The first-order valence-corrected chi connectivity index (χ1v) is 9.15. The summed E-state index contributed by atoms with van der Waals surface area (Å²) in [5.41, 5.74) is 10.9. The molecule has 4 rings (SSSR count). The number of thiazole rings is 1. The number of methoxy groups -OCH3 is 1. The molecule has 0 spiro atoms. The predicted octanol–water partition coefficient (Wildman–Crippen LogP) is 3.86. The second-order valence-corrected chi connectivity index (χ2v) is 7.19. The summed E-state index contributed by atoms with van der Waals surface area (Å²) in [5.74, 6) is 1.10. The van der Waals surface area contributed by atoms with Gasteiger partial charge in [-0.1, -0.05) is 23.5 Å². The zero-order chi connectivity index (χ0) is 19.1. The molecule has 6 nitrogen and oxygen atoms in total. The van der Waals surface area contributed by atoms with E-state index in [1.165, 1.54) is 0 Å². The van der Waals surface area contributed by atoms with E-state index < -0.39 is 0 Å². The molecular formula is C20H17N5OS. The van der Waals surface area contributed by atoms with Crippen LogP contribution in [0, 0.1) is 25.2 Å². The van der Waals surface area contributed by atoms with Crippen molar-refractivity contribution in [3.8, 4) is 11.8 Å². The summed E-state index contributed by atoms with van der Waals surface area (Å²) in [6.07, 6.45) is 0. The largest absolute Gasteiger partial charge is 0.497 e. The minimum atomic E-state index is 0.268. The molecule has 0 bridgehead atoms. The molecule has 2 aromatic carbocycles. The summed E-state index contributed by atoms with van der Waals surface area (Å²) >= 11 is 1.55. The van der Waals surface area contributed by atoms with Crippen LogP contribution in [0.15, 0.2) is 41.4 Å². The first kappa shape index (κ1) is 17.1. The van der Waals surface area contributed by atoms with Gasteiger partial charge in [-0.2, -0.15) is 10.2 Å². The molecule has 134 valence electrons. The topological polar surface area (TPSA) is 88.7 Å². The third-order valence-electron chi connectivity index (χ3n) is 4.48. The van der Waals surface area contributed by atoms with Gasteiger partial charge in [0.05, 0.1) is 23.0 Å². The van der Waals surface area contributed by atoms with Crippen LogP contribution in [0.1, 0.15) is 16.7 Å². The van der Waals surface area contributed by atoms with Gasteiger partial charge in [0, 0.05) is 0 Å². The van der Waals surface area contributed by atoms with E-state index in [2.05, 4.69) is 35.1 Å². The average Bonchev–Trinajstić information content (AvgIpc) is 3.07. The van der Waals surface area contributed by atoms with Crippen molar-refractivity contribution in [3.63, 3.8) is 0 Å². The van der Waals surface area contributed by atoms with Crippen LogP contribution in [0.5, 0.6) is 5.75 Å². The van der Waals surface area contributed by atoms with Crippen LogP contribution in [-0.4, -0.2) is 16.5 Å². The van der Waals surface area contributed by atoms with Crippen LogP contribution < -0.4 is 16.0 Å². The molecule has 0 unspecified atom stereocenters. The number of rotatable bonds is 2. The lowest BCUT2D eigenvalue weighted by atomic mass is 10.1. The number of nitrogens with two attached hydrogens (primary N) is 1. The van der Waals surface area contributed by atoms with Gasteiger partial charge in [-0.15, -0.1) is 0 Å². The zero-order valence-corrected chi connectivity index (χ0v) is 16.0. The van der Waals surface area contributed by atoms with Gasteiger partial charge in [0.25, 0.3) is 0 Å². The number of nitriles is 1. The van der Waals surface area contributed by atoms with Gasteiger partial charge in [-0.25, -0.2) is 4.99 Å². The highest BCUT2D eigenvalue weighted by molar-refractivity contribution is 7.23. The van der Waals surface area contributed by atoms with Crippen LogP contribution >= 0.6 is 11.3 Å². The summed E-state index contributed by atoms with van der Waals surface area (Å²) in [4.78, 5) is 9.90. The number of hydrogen-bond acceptors (Lipinski definition) is 6. The molecule has 0 radical (unpaired) electrons.